The van der Waals surface area contributed by atoms with Crippen LogP contribution in [0.1, 0.15) is 18.1 Å². The molecular formula is C14H15F3N2O3. The average molecular weight is 316 g/mol. The van der Waals surface area contributed by atoms with Crippen LogP contribution in [0.25, 0.3) is 0 Å². The second-order valence-corrected chi connectivity index (χ2v) is 5.28. The summed E-state index contributed by atoms with van der Waals surface area (Å²) >= 11 is 0. The van der Waals surface area contributed by atoms with Crippen molar-refractivity contribution in [3.05, 3.63) is 35.4 Å². The smallest absolute Gasteiger partial charge is 0.382 e. The number of hydrogen-bond acceptors (Lipinski definition) is 3. The summed E-state index contributed by atoms with van der Waals surface area (Å²) in [5, 5.41) is 2.49. The molecule has 3 amide bonds. The van der Waals surface area contributed by atoms with Gasteiger partial charge in [-0.05, 0) is 24.6 Å². The maximum atomic E-state index is 12.7. The van der Waals surface area contributed by atoms with Gasteiger partial charge in [0.1, 0.15) is 5.54 Å². The van der Waals surface area contributed by atoms with Gasteiger partial charge in [0, 0.05) is 7.11 Å². The number of amides is 3. The van der Waals surface area contributed by atoms with Crippen LogP contribution in [0.5, 0.6) is 0 Å². The third-order valence-electron chi connectivity index (χ3n) is 3.37. The van der Waals surface area contributed by atoms with Gasteiger partial charge in [-0.15, -0.1) is 0 Å². The summed E-state index contributed by atoms with van der Waals surface area (Å²) in [5.41, 5.74) is -1.80. The van der Waals surface area contributed by atoms with Crippen molar-refractivity contribution in [1.82, 2.24) is 10.2 Å². The van der Waals surface area contributed by atoms with E-state index in [-0.39, 0.29) is 18.7 Å². The Bertz CT molecular complexity index is 603. The number of benzene rings is 1. The van der Waals surface area contributed by atoms with Crippen molar-refractivity contribution in [2.24, 2.45) is 0 Å². The Hall–Kier alpha value is -2.09. The molecule has 1 aliphatic heterocycles. The van der Waals surface area contributed by atoms with Crippen LogP contribution in [0.3, 0.4) is 0 Å². The maximum Gasteiger partial charge on any atom is 0.416 e. The number of carbonyl (C=O) groups excluding carboxylic acids is 2. The minimum absolute atomic E-state index is 0.0172. The highest BCUT2D eigenvalue weighted by atomic mass is 19.4. The van der Waals surface area contributed by atoms with Crippen LogP contribution in [-0.4, -0.2) is 36.1 Å². The first-order valence-electron chi connectivity index (χ1n) is 6.46. The number of rotatable bonds is 4. The molecule has 1 unspecified atom stereocenters. The van der Waals surface area contributed by atoms with Crippen LogP contribution in [-0.2, 0) is 22.3 Å². The summed E-state index contributed by atoms with van der Waals surface area (Å²) in [6.45, 7) is 1.26. The fraction of sp³-hybridized carbons (Fsp3) is 0.429. The zero-order valence-electron chi connectivity index (χ0n) is 12.0. The van der Waals surface area contributed by atoms with Gasteiger partial charge in [0.25, 0.3) is 5.91 Å². The Morgan fingerprint density at radius 2 is 2.00 bits per heavy atom. The number of imide groups is 1. The van der Waals surface area contributed by atoms with E-state index in [0.717, 1.165) is 17.0 Å². The molecule has 2 rings (SSSR count). The topological polar surface area (TPSA) is 58.6 Å². The Morgan fingerprint density at radius 3 is 2.59 bits per heavy atom. The number of hydrogen-bond donors (Lipinski definition) is 1. The van der Waals surface area contributed by atoms with Gasteiger partial charge in [-0.3, -0.25) is 9.69 Å². The van der Waals surface area contributed by atoms with Gasteiger partial charge in [-0.2, -0.15) is 13.2 Å². The minimum Gasteiger partial charge on any atom is -0.382 e. The summed E-state index contributed by atoms with van der Waals surface area (Å²) in [7, 11) is 1.39. The summed E-state index contributed by atoms with van der Waals surface area (Å²) < 4.78 is 42.9. The van der Waals surface area contributed by atoms with Crippen LogP contribution >= 0.6 is 0 Å². The largest absolute Gasteiger partial charge is 0.416 e. The fourth-order valence-electron chi connectivity index (χ4n) is 2.31. The molecule has 0 spiro atoms. The van der Waals surface area contributed by atoms with E-state index < -0.39 is 29.2 Å². The summed E-state index contributed by atoms with van der Waals surface area (Å²) in [4.78, 5) is 25.0. The molecule has 1 aliphatic rings. The van der Waals surface area contributed by atoms with Crippen LogP contribution in [0.4, 0.5) is 18.0 Å². The van der Waals surface area contributed by atoms with E-state index in [9.17, 15) is 22.8 Å². The fourth-order valence-corrected chi connectivity index (χ4v) is 2.31. The maximum absolute atomic E-state index is 12.7. The first-order chi connectivity index (χ1) is 10.2. The quantitative estimate of drug-likeness (QED) is 0.866. The van der Waals surface area contributed by atoms with Crippen molar-refractivity contribution in [2.45, 2.75) is 25.2 Å². The number of nitrogens with one attached hydrogen (secondary N) is 1. The first kappa shape index (κ1) is 16.3. The molecule has 1 atom stereocenters. The molecule has 0 radical (unpaired) electrons. The van der Waals surface area contributed by atoms with Crippen molar-refractivity contribution < 1.29 is 27.5 Å². The zero-order chi connectivity index (χ0) is 16.5. The Balaban J connectivity index is 2.21. The Labute approximate surface area is 125 Å². The monoisotopic (exact) mass is 316 g/mol. The number of nitrogens with zero attached hydrogens (tertiary/aromatic N) is 1. The van der Waals surface area contributed by atoms with E-state index in [1.165, 1.54) is 26.2 Å². The van der Waals surface area contributed by atoms with Crippen molar-refractivity contribution in [2.75, 3.05) is 13.7 Å². The minimum atomic E-state index is -4.47. The molecule has 1 saturated heterocycles. The molecule has 8 heteroatoms. The van der Waals surface area contributed by atoms with Crippen molar-refractivity contribution >= 4 is 11.9 Å². The van der Waals surface area contributed by atoms with E-state index in [4.69, 9.17) is 4.74 Å². The summed E-state index contributed by atoms with van der Waals surface area (Å²) in [6, 6.07) is 3.88. The number of halogens is 3. The van der Waals surface area contributed by atoms with E-state index in [0.29, 0.717) is 0 Å². The number of carbonyl (C=O) groups is 2. The molecule has 5 nitrogen and oxygen atoms in total. The zero-order valence-corrected chi connectivity index (χ0v) is 12.0. The Morgan fingerprint density at radius 1 is 1.32 bits per heavy atom. The van der Waals surface area contributed by atoms with Crippen molar-refractivity contribution in [3.63, 3.8) is 0 Å². The van der Waals surface area contributed by atoms with Gasteiger partial charge in [0.2, 0.25) is 0 Å². The van der Waals surface area contributed by atoms with Crippen LogP contribution in [0.2, 0.25) is 0 Å². The molecule has 0 saturated carbocycles. The van der Waals surface area contributed by atoms with Gasteiger partial charge < -0.3 is 10.1 Å². The van der Waals surface area contributed by atoms with Gasteiger partial charge in [-0.1, -0.05) is 12.1 Å². The second kappa shape index (κ2) is 5.60. The highest BCUT2D eigenvalue weighted by Gasteiger charge is 2.47. The molecule has 1 aromatic carbocycles. The lowest BCUT2D eigenvalue weighted by Gasteiger charge is -2.20. The first-order valence-corrected chi connectivity index (χ1v) is 6.46. The van der Waals surface area contributed by atoms with Crippen molar-refractivity contribution in [3.8, 4) is 0 Å². The predicted octanol–water partition coefficient (Wildman–Crippen LogP) is 2.16. The molecular weight excluding hydrogens is 301 g/mol. The highest BCUT2D eigenvalue weighted by Crippen LogP contribution is 2.30. The van der Waals surface area contributed by atoms with Crippen LogP contribution in [0, 0.1) is 0 Å². The third-order valence-corrected chi connectivity index (χ3v) is 3.37. The summed E-state index contributed by atoms with van der Waals surface area (Å²) in [6.07, 6.45) is -4.47. The molecule has 0 aliphatic carbocycles. The molecule has 120 valence electrons. The molecule has 1 aromatic rings. The molecule has 22 heavy (non-hydrogen) atoms. The lowest BCUT2D eigenvalue weighted by atomic mass is 10.0. The van der Waals surface area contributed by atoms with E-state index >= 15 is 0 Å². The molecule has 0 bridgehead atoms. The van der Waals surface area contributed by atoms with Gasteiger partial charge in [0.05, 0.1) is 18.7 Å². The van der Waals surface area contributed by atoms with Crippen LogP contribution < -0.4 is 5.32 Å². The standard InChI is InChI=1S/C14H15F3N2O3/c1-13(8-22-2)11(20)19(12(21)18-13)7-9-4-3-5-10(6-9)14(15,16)17/h3-6H,7-8H2,1-2H3,(H,18,21). The molecule has 1 fully saturated rings. The second-order valence-electron chi connectivity index (χ2n) is 5.28. The molecule has 0 aromatic heterocycles. The Kier molecular flexibility index (Phi) is 4.15. The molecule has 1 N–H and O–H groups in total. The lowest BCUT2D eigenvalue weighted by Crippen LogP contribution is -2.47. The van der Waals surface area contributed by atoms with Gasteiger partial charge in [-0.25, -0.2) is 4.79 Å². The number of urea groups is 1. The average Bonchev–Trinajstić information content (AvgIpc) is 2.62. The lowest BCUT2D eigenvalue weighted by molar-refractivity contribution is -0.137. The predicted molar refractivity (Wildman–Crippen MR) is 70.8 cm³/mol. The van der Waals surface area contributed by atoms with Gasteiger partial charge in [0.15, 0.2) is 0 Å². The number of alkyl halides is 3. The third kappa shape index (κ3) is 3.06. The summed E-state index contributed by atoms with van der Waals surface area (Å²) in [5.74, 6) is -0.531. The normalized spacial score (nSPS) is 22.1. The SMILES string of the molecule is COCC1(C)NC(=O)N(Cc2cccc(C(F)(F)F)c2)C1=O. The van der Waals surface area contributed by atoms with E-state index in [1.54, 1.807) is 0 Å². The van der Waals surface area contributed by atoms with E-state index in [2.05, 4.69) is 5.32 Å². The highest BCUT2D eigenvalue weighted by molar-refractivity contribution is 6.06. The van der Waals surface area contributed by atoms with Crippen LogP contribution in [0.15, 0.2) is 24.3 Å². The van der Waals surface area contributed by atoms with Gasteiger partial charge >= 0.3 is 12.2 Å². The number of methoxy groups -OCH3 is 1. The number of ether oxygens (including phenoxy) is 1. The van der Waals surface area contributed by atoms with Crippen molar-refractivity contribution in [1.29, 1.82) is 0 Å². The molecule has 1 heterocycles. The van der Waals surface area contributed by atoms with E-state index in [1.807, 2.05) is 0 Å².